The number of carbonyl (C=O) groups is 1. The molecule has 1 N–H and O–H groups in total. The third-order valence-electron chi connectivity index (χ3n) is 4.64. The summed E-state index contributed by atoms with van der Waals surface area (Å²) in [6, 6.07) is 19.1. The third-order valence-corrected chi connectivity index (χ3v) is 5.52. The number of aromatic nitrogens is 2. The fraction of sp³-hybridized carbons (Fsp3) is 0.130. The van der Waals surface area contributed by atoms with Crippen LogP contribution in [0.3, 0.4) is 0 Å². The minimum absolute atomic E-state index is 0.203. The van der Waals surface area contributed by atoms with Crippen molar-refractivity contribution in [2.75, 3.05) is 14.2 Å². The van der Waals surface area contributed by atoms with E-state index in [1.165, 1.54) is 0 Å². The number of benzene rings is 2. The van der Waals surface area contributed by atoms with Crippen molar-refractivity contribution in [2.24, 2.45) is 0 Å². The number of thiophene rings is 1. The number of nitrogens with one attached hydrogen (secondary N) is 1. The van der Waals surface area contributed by atoms with E-state index in [0.717, 1.165) is 10.6 Å². The molecule has 0 aliphatic carbocycles. The van der Waals surface area contributed by atoms with Crippen molar-refractivity contribution in [1.82, 2.24) is 15.1 Å². The van der Waals surface area contributed by atoms with Crippen LogP contribution >= 0.6 is 11.3 Å². The number of hydrogen-bond acceptors (Lipinski definition) is 5. The normalized spacial score (nSPS) is 10.6. The Kier molecular flexibility index (Phi) is 5.81. The Morgan fingerprint density at radius 2 is 1.90 bits per heavy atom. The number of rotatable bonds is 7. The van der Waals surface area contributed by atoms with E-state index in [0.29, 0.717) is 34.9 Å². The Balaban J connectivity index is 1.78. The minimum atomic E-state index is -0.203. The zero-order chi connectivity index (χ0) is 20.9. The minimum Gasteiger partial charge on any atom is -0.497 e. The van der Waals surface area contributed by atoms with Crippen molar-refractivity contribution in [1.29, 1.82) is 0 Å². The first kappa shape index (κ1) is 19.7. The van der Waals surface area contributed by atoms with Crippen LogP contribution in [0.25, 0.3) is 16.9 Å². The van der Waals surface area contributed by atoms with Crippen LogP contribution in [-0.4, -0.2) is 29.9 Å². The number of ether oxygens (including phenoxy) is 2. The number of carbonyl (C=O) groups excluding carboxylic acids is 1. The van der Waals surface area contributed by atoms with E-state index in [2.05, 4.69) is 5.32 Å². The van der Waals surface area contributed by atoms with Gasteiger partial charge in [-0.1, -0.05) is 24.3 Å². The molecular formula is C23H21N3O3S. The first-order chi connectivity index (χ1) is 14.7. The lowest BCUT2D eigenvalue weighted by Crippen LogP contribution is -2.22. The SMILES string of the molecule is COc1ccc(OC)c(-c2nn(-c3ccccc3)cc2C(=O)NCc2cccs2)c1. The molecule has 0 spiro atoms. The van der Waals surface area contributed by atoms with Gasteiger partial charge < -0.3 is 14.8 Å². The molecule has 6 nitrogen and oxygen atoms in total. The maximum Gasteiger partial charge on any atom is 0.255 e. The number of hydrogen-bond donors (Lipinski definition) is 1. The lowest BCUT2D eigenvalue weighted by molar-refractivity contribution is 0.0952. The fourth-order valence-electron chi connectivity index (χ4n) is 3.13. The van der Waals surface area contributed by atoms with Crippen molar-refractivity contribution >= 4 is 17.2 Å². The smallest absolute Gasteiger partial charge is 0.255 e. The Labute approximate surface area is 178 Å². The molecule has 0 fully saturated rings. The van der Waals surface area contributed by atoms with Crippen molar-refractivity contribution in [2.45, 2.75) is 6.54 Å². The standard InChI is InChI=1S/C23H21N3O3S/c1-28-17-10-11-21(29-2)19(13-17)22-20(23(27)24-14-18-9-6-12-30-18)15-26(25-22)16-7-4-3-5-8-16/h3-13,15H,14H2,1-2H3,(H,24,27). The van der Waals surface area contributed by atoms with Crippen LogP contribution < -0.4 is 14.8 Å². The van der Waals surface area contributed by atoms with E-state index >= 15 is 0 Å². The molecule has 0 aliphatic rings. The predicted octanol–water partition coefficient (Wildman–Crippen LogP) is 4.55. The van der Waals surface area contributed by atoms with Crippen LogP contribution in [0.4, 0.5) is 0 Å². The predicted molar refractivity (Wildman–Crippen MR) is 118 cm³/mol. The van der Waals surface area contributed by atoms with Crippen LogP contribution in [-0.2, 0) is 6.54 Å². The van der Waals surface area contributed by atoms with Crippen molar-refractivity contribution in [3.05, 3.63) is 82.7 Å². The maximum atomic E-state index is 13.1. The van der Waals surface area contributed by atoms with Gasteiger partial charge in [0.05, 0.1) is 32.0 Å². The number of methoxy groups -OCH3 is 2. The van der Waals surface area contributed by atoms with Gasteiger partial charge in [0, 0.05) is 16.6 Å². The topological polar surface area (TPSA) is 65.4 Å². The maximum absolute atomic E-state index is 13.1. The highest BCUT2D eigenvalue weighted by atomic mass is 32.1. The van der Waals surface area contributed by atoms with Gasteiger partial charge in [-0.3, -0.25) is 4.79 Å². The Hall–Kier alpha value is -3.58. The quantitative estimate of drug-likeness (QED) is 0.477. The van der Waals surface area contributed by atoms with Gasteiger partial charge in [0.2, 0.25) is 0 Å². The summed E-state index contributed by atoms with van der Waals surface area (Å²) in [4.78, 5) is 14.2. The molecule has 7 heteroatoms. The van der Waals surface area contributed by atoms with E-state index < -0.39 is 0 Å². The average Bonchev–Trinajstić information content (AvgIpc) is 3.48. The van der Waals surface area contributed by atoms with Crippen LogP contribution in [0.1, 0.15) is 15.2 Å². The van der Waals surface area contributed by atoms with Gasteiger partial charge in [-0.15, -0.1) is 11.3 Å². The van der Waals surface area contributed by atoms with Crippen LogP contribution in [0.2, 0.25) is 0 Å². The van der Waals surface area contributed by atoms with Crippen molar-refractivity contribution < 1.29 is 14.3 Å². The molecule has 4 aromatic rings. The molecule has 0 bridgehead atoms. The summed E-state index contributed by atoms with van der Waals surface area (Å²) in [5.41, 5.74) is 2.53. The van der Waals surface area contributed by atoms with Crippen LogP contribution in [0.5, 0.6) is 11.5 Å². The Bertz CT molecular complexity index is 1140. The highest BCUT2D eigenvalue weighted by Gasteiger charge is 2.22. The average molecular weight is 420 g/mol. The van der Waals surface area contributed by atoms with Gasteiger partial charge >= 0.3 is 0 Å². The number of nitrogens with zero attached hydrogens (tertiary/aromatic N) is 2. The van der Waals surface area contributed by atoms with Gasteiger partial charge in [0.25, 0.3) is 5.91 Å². The molecule has 0 aliphatic heterocycles. The van der Waals surface area contributed by atoms with E-state index in [4.69, 9.17) is 14.6 Å². The highest BCUT2D eigenvalue weighted by molar-refractivity contribution is 7.09. The Morgan fingerprint density at radius 3 is 2.60 bits per heavy atom. The second-order valence-corrected chi connectivity index (χ2v) is 7.53. The summed E-state index contributed by atoms with van der Waals surface area (Å²) < 4.78 is 12.6. The first-order valence-corrected chi connectivity index (χ1v) is 10.3. The van der Waals surface area contributed by atoms with Crippen molar-refractivity contribution in [3.63, 3.8) is 0 Å². The lowest BCUT2D eigenvalue weighted by atomic mass is 10.1. The molecule has 1 amide bonds. The van der Waals surface area contributed by atoms with E-state index in [1.54, 1.807) is 36.4 Å². The molecule has 0 saturated heterocycles. The molecule has 2 aromatic heterocycles. The van der Waals surface area contributed by atoms with E-state index in [9.17, 15) is 4.79 Å². The third kappa shape index (κ3) is 4.06. The van der Waals surface area contributed by atoms with E-state index in [1.807, 2.05) is 66.0 Å². The highest BCUT2D eigenvalue weighted by Crippen LogP contribution is 2.35. The van der Waals surface area contributed by atoms with E-state index in [-0.39, 0.29) is 5.91 Å². The second kappa shape index (κ2) is 8.84. The summed E-state index contributed by atoms with van der Waals surface area (Å²) in [5.74, 6) is 1.07. The molecule has 2 aromatic carbocycles. The van der Waals surface area contributed by atoms with Gasteiger partial charge in [0.15, 0.2) is 0 Å². The van der Waals surface area contributed by atoms with Gasteiger partial charge in [-0.25, -0.2) is 4.68 Å². The summed E-state index contributed by atoms with van der Waals surface area (Å²) >= 11 is 1.60. The van der Waals surface area contributed by atoms with Gasteiger partial charge in [-0.2, -0.15) is 5.10 Å². The largest absolute Gasteiger partial charge is 0.497 e. The molecule has 0 saturated carbocycles. The number of amides is 1. The van der Waals surface area contributed by atoms with Crippen molar-refractivity contribution in [3.8, 4) is 28.4 Å². The summed E-state index contributed by atoms with van der Waals surface area (Å²) in [6.45, 7) is 0.460. The summed E-state index contributed by atoms with van der Waals surface area (Å²) in [5, 5.41) is 9.70. The number of para-hydroxylation sites is 1. The molecule has 2 heterocycles. The molecule has 152 valence electrons. The van der Waals surface area contributed by atoms with Gasteiger partial charge in [-0.05, 0) is 41.8 Å². The molecular weight excluding hydrogens is 398 g/mol. The lowest BCUT2D eigenvalue weighted by Gasteiger charge is -2.10. The summed E-state index contributed by atoms with van der Waals surface area (Å²) in [7, 11) is 3.19. The van der Waals surface area contributed by atoms with Gasteiger partial charge in [0.1, 0.15) is 17.2 Å². The van der Waals surface area contributed by atoms with Crippen LogP contribution in [0.15, 0.2) is 72.2 Å². The zero-order valence-corrected chi connectivity index (χ0v) is 17.5. The molecule has 4 rings (SSSR count). The van der Waals surface area contributed by atoms with Crippen LogP contribution in [0, 0.1) is 0 Å². The monoisotopic (exact) mass is 419 g/mol. The molecule has 30 heavy (non-hydrogen) atoms. The molecule has 0 atom stereocenters. The summed E-state index contributed by atoms with van der Waals surface area (Å²) in [6.07, 6.45) is 1.74. The molecule has 0 unspecified atom stereocenters. The zero-order valence-electron chi connectivity index (χ0n) is 16.7. The Morgan fingerprint density at radius 1 is 1.07 bits per heavy atom. The second-order valence-electron chi connectivity index (χ2n) is 6.50. The molecule has 0 radical (unpaired) electrons. The fourth-order valence-corrected chi connectivity index (χ4v) is 3.77. The first-order valence-electron chi connectivity index (χ1n) is 9.37.